The monoisotopic (exact) mass is 640 g/mol. The summed E-state index contributed by atoms with van der Waals surface area (Å²) in [5.74, 6) is -0.547. The number of carbonyl (C=O) groups is 1. The number of aryl methyl sites for hydroxylation is 3. The van der Waals surface area contributed by atoms with Gasteiger partial charge in [0.1, 0.15) is 0 Å². The number of halogens is 3. The molecule has 1 saturated heterocycles. The average molecular weight is 641 g/mol. The second-order valence-electron chi connectivity index (χ2n) is 12.0. The van der Waals surface area contributed by atoms with Crippen molar-refractivity contribution in [3.8, 4) is 0 Å². The molecule has 1 aliphatic heterocycles. The van der Waals surface area contributed by atoms with Crippen molar-refractivity contribution in [2.24, 2.45) is 0 Å². The van der Waals surface area contributed by atoms with Crippen molar-refractivity contribution < 1.29 is 26.4 Å². The smallest absolute Gasteiger partial charge is 0.371 e. The van der Waals surface area contributed by atoms with Crippen molar-refractivity contribution in [1.82, 2.24) is 14.2 Å². The van der Waals surface area contributed by atoms with Crippen LogP contribution in [0, 0.1) is 13.8 Å². The molecule has 1 aliphatic carbocycles. The Morgan fingerprint density at radius 3 is 2.33 bits per heavy atom. The van der Waals surface area contributed by atoms with Crippen molar-refractivity contribution in [2.45, 2.75) is 57.8 Å². The van der Waals surface area contributed by atoms with Crippen molar-refractivity contribution >= 4 is 27.7 Å². The molecule has 2 heterocycles. The second kappa shape index (κ2) is 13.0. The zero-order valence-electron chi connectivity index (χ0n) is 26.0. The van der Waals surface area contributed by atoms with Crippen LogP contribution >= 0.6 is 0 Å². The molecule has 3 aromatic rings. The topological polar surface area (TPSA) is 73.8 Å². The lowest BCUT2D eigenvalue weighted by molar-refractivity contribution is -0.137. The van der Waals surface area contributed by atoms with E-state index in [1.54, 1.807) is 4.90 Å². The fourth-order valence-electron chi connectivity index (χ4n) is 6.48. The first-order valence-electron chi connectivity index (χ1n) is 15.1. The van der Waals surface area contributed by atoms with Crippen LogP contribution in [0.4, 0.5) is 18.9 Å². The van der Waals surface area contributed by atoms with Crippen molar-refractivity contribution in [1.29, 1.82) is 0 Å². The summed E-state index contributed by atoms with van der Waals surface area (Å²) in [5, 5.41) is 0. The molecular weight excluding hydrogens is 601 g/mol. The van der Waals surface area contributed by atoms with Gasteiger partial charge in [-0.15, -0.1) is 0 Å². The Labute approximate surface area is 263 Å². The molecule has 0 N–H and O–H groups in total. The largest absolute Gasteiger partial charge is 0.416 e. The Hall–Kier alpha value is -3.70. The van der Waals surface area contributed by atoms with Crippen LogP contribution in [0.2, 0.25) is 0 Å². The van der Waals surface area contributed by atoms with Crippen molar-refractivity contribution in [3.63, 3.8) is 0 Å². The summed E-state index contributed by atoms with van der Waals surface area (Å²) < 4.78 is 67.8. The molecule has 2 aromatic carbocycles. The number of hydrogen-bond acceptors (Lipinski definition) is 5. The number of rotatable bonds is 8. The fraction of sp³-hybridized carbons (Fsp3) is 0.412. The van der Waals surface area contributed by atoms with E-state index < -0.39 is 33.6 Å². The number of sulfonamides is 1. The molecule has 1 fully saturated rings. The molecule has 7 nitrogen and oxygen atoms in total. The first-order valence-corrected chi connectivity index (χ1v) is 16.7. The van der Waals surface area contributed by atoms with Gasteiger partial charge in [0, 0.05) is 61.9 Å². The minimum absolute atomic E-state index is 0.0825. The fourth-order valence-corrected chi connectivity index (χ4v) is 7.66. The normalized spacial score (nSPS) is 17.7. The van der Waals surface area contributed by atoms with E-state index in [0.29, 0.717) is 18.4 Å². The van der Waals surface area contributed by atoms with Gasteiger partial charge in [0.15, 0.2) is 0 Å². The highest BCUT2D eigenvalue weighted by molar-refractivity contribution is 7.89. The number of aromatic nitrogens is 1. The molecule has 5 rings (SSSR count). The van der Waals surface area contributed by atoms with Crippen LogP contribution in [-0.2, 0) is 22.6 Å². The van der Waals surface area contributed by atoms with Gasteiger partial charge in [0.05, 0.1) is 11.3 Å². The number of anilines is 1. The molecule has 1 unspecified atom stereocenters. The highest BCUT2D eigenvalue weighted by Crippen LogP contribution is 2.38. The van der Waals surface area contributed by atoms with E-state index in [1.807, 2.05) is 39.1 Å². The predicted octanol–water partition coefficient (Wildman–Crippen LogP) is 6.42. The van der Waals surface area contributed by atoms with Gasteiger partial charge in [-0.25, -0.2) is 8.42 Å². The number of fused-ring (bicyclic) bond motifs is 1. The lowest BCUT2D eigenvalue weighted by atomic mass is 10.00. The van der Waals surface area contributed by atoms with E-state index in [4.69, 9.17) is 0 Å². The average Bonchev–Trinajstić information content (AvgIpc) is 3.42. The number of alkyl halides is 3. The molecule has 0 spiro atoms. The van der Waals surface area contributed by atoms with E-state index in [9.17, 15) is 26.4 Å². The van der Waals surface area contributed by atoms with E-state index in [1.165, 1.54) is 41.7 Å². The van der Waals surface area contributed by atoms with Crippen LogP contribution in [0.5, 0.6) is 0 Å². The Kier molecular flexibility index (Phi) is 9.41. The third-order valence-corrected chi connectivity index (χ3v) is 10.7. The van der Waals surface area contributed by atoms with Crippen LogP contribution in [-0.4, -0.2) is 67.5 Å². The summed E-state index contributed by atoms with van der Waals surface area (Å²) in [6.07, 6.45) is 0.812. The highest BCUT2D eigenvalue weighted by atomic mass is 32.2. The molecule has 45 heavy (non-hydrogen) atoms. The third-order valence-electron chi connectivity index (χ3n) is 8.95. The quantitative estimate of drug-likeness (QED) is 0.284. The minimum atomic E-state index is -4.54. The standard InChI is InChI=1S/C34H39F3N4O3S/c1-23-20-29(21-24(2)38-23)41-17-15-28(16-18-41)39(3)33(42)27-12-11-25-13-14-32(30(25)22-27)40(4)45(43,44)19-7-9-26-8-5-6-10-31(26)34(35,36)37/h5-12,20-22,28,32H,13-19H2,1-4H3. The number of hydrogen-bond donors (Lipinski definition) is 0. The molecule has 1 aromatic heterocycles. The Morgan fingerprint density at radius 2 is 1.67 bits per heavy atom. The van der Waals surface area contributed by atoms with Gasteiger partial charge in [0.25, 0.3) is 5.91 Å². The summed E-state index contributed by atoms with van der Waals surface area (Å²) >= 11 is 0. The maximum absolute atomic E-state index is 13.6. The molecular formula is C34H39F3N4O3S. The van der Waals surface area contributed by atoms with Gasteiger partial charge < -0.3 is 9.80 Å². The summed E-state index contributed by atoms with van der Waals surface area (Å²) in [7, 11) is -0.524. The summed E-state index contributed by atoms with van der Waals surface area (Å²) in [6.45, 7) is 5.64. The minimum Gasteiger partial charge on any atom is -0.371 e. The lowest BCUT2D eigenvalue weighted by Crippen LogP contribution is -2.45. The Bertz CT molecular complexity index is 1680. The zero-order valence-corrected chi connectivity index (χ0v) is 26.8. The lowest BCUT2D eigenvalue weighted by Gasteiger charge is -2.38. The van der Waals surface area contributed by atoms with Gasteiger partial charge in [-0.1, -0.05) is 36.4 Å². The van der Waals surface area contributed by atoms with Crippen LogP contribution in [0.1, 0.15) is 69.3 Å². The van der Waals surface area contributed by atoms with E-state index in [-0.39, 0.29) is 17.5 Å². The van der Waals surface area contributed by atoms with Gasteiger partial charge in [0.2, 0.25) is 10.0 Å². The number of carbonyl (C=O) groups excluding carboxylic acids is 1. The molecule has 0 radical (unpaired) electrons. The Morgan fingerprint density at radius 1 is 1.00 bits per heavy atom. The summed E-state index contributed by atoms with van der Waals surface area (Å²) in [4.78, 5) is 22.2. The van der Waals surface area contributed by atoms with E-state index in [0.717, 1.165) is 60.2 Å². The van der Waals surface area contributed by atoms with Crippen LogP contribution in [0.25, 0.3) is 6.08 Å². The highest BCUT2D eigenvalue weighted by Gasteiger charge is 2.35. The first-order chi connectivity index (χ1) is 21.2. The van der Waals surface area contributed by atoms with Gasteiger partial charge in [-0.05, 0) is 86.6 Å². The second-order valence-corrected chi connectivity index (χ2v) is 14.1. The van der Waals surface area contributed by atoms with Crippen LogP contribution < -0.4 is 4.90 Å². The number of nitrogens with zero attached hydrogens (tertiary/aromatic N) is 4. The number of pyridine rings is 1. The maximum atomic E-state index is 13.6. The van der Waals surface area contributed by atoms with E-state index in [2.05, 4.69) is 22.0 Å². The van der Waals surface area contributed by atoms with Gasteiger partial charge >= 0.3 is 6.18 Å². The summed E-state index contributed by atoms with van der Waals surface area (Å²) in [5.41, 5.74) is 4.51. The van der Waals surface area contributed by atoms with Gasteiger partial charge in [-0.3, -0.25) is 9.78 Å². The predicted molar refractivity (Wildman–Crippen MR) is 171 cm³/mol. The number of amides is 1. The third kappa shape index (κ3) is 7.25. The van der Waals surface area contributed by atoms with Crippen molar-refractivity contribution in [3.05, 3.63) is 99.9 Å². The zero-order chi connectivity index (χ0) is 32.5. The SMILES string of the molecule is Cc1cc(N2CCC(N(C)C(=O)c3ccc4c(c3)C(N(C)S(=O)(=O)CC=Cc3ccccc3C(F)(F)F)CC4)CC2)cc(C)n1. The number of benzene rings is 2. The molecule has 2 aliphatic rings. The molecule has 0 bridgehead atoms. The molecule has 11 heteroatoms. The van der Waals surface area contributed by atoms with Crippen LogP contribution in [0.15, 0.2) is 60.7 Å². The molecule has 240 valence electrons. The van der Waals surface area contributed by atoms with Crippen molar-refractivity contribution in [2.75, 3.05) is 37.8 Å². The molecule has 1 amide bonds. The summed E-state index contributed by atoms with van der Waals surface area (Å²) in [6, 6.07) is 14.4. The Balaban J connectivity index is 1.25. The first kappa shape index (κ1) is 32.7. The van der Waals surface area contributed by atoms with Gasteiger partial charge in [-0.2, -0.15) is 17.5 Å². The van der Waals surface area contributed by atoms with E-state index >= 15 is 0 Å². The molecule has 1 atom stereocenters. The van der Waals surface area contributed by atoms with Crippen LogP contribution in [0.3, 0.4) is 0 Å². The number of piperidine rings is 1. The molecule has 0 saturated carbocycles. The maximum Gasteiger partial charge on any atom is 0.416 e.